The first-order valence-electron chi connectivity index (χ1n) is 4.31. The van der Waals surface area contributed by atoms with Crippen molar-refractivity contribution >= 4 is 25.5 Å². The fraction of sp³-hybridized carbons (Fsp3) is 0.556. The molecule has 0 aromatic carbocycles. The summed E-state index contributed by atoms with van der Waals surface area (Å²) in [5.41, 5.74) is 1.58. The zero-order chi connectivity index (χ0) is 9.68. The summed E-state index contributed by atoms with van der Waals surface area (Å²) >= 11 is -2.13. The Balaban J connectivity index is 0.000000184. The SMILES string of the molecule is [C-]1=C2CCCC2CC=C1.[Cl][Zr]([Cl])[Cl]. The Kier molecular flexibility index (Phi) is 6.31. The standard InChI is InChI=1S/C9H11.3ClH.Zr/c1-2-5-9-7-3-6-8(9)4-1;;;;/h1-2,8H,3-4,6-7H2;3*1H;/q-1;;;;+3/p-3. The molecule has 13 heavy (non-hydrogen) atoms. The van der Waals surface area contributed by atoms with Crippen LogP contribution in [0.1, 0.15) is 25.7 Å². The fourth-order valence-electron chi connectivity index (χ4n) is 1.77. The molecule has 1 saturated carbocycles. The number of allylic oxidation sites excluding steroid dienone is 4. The maximum atomic E-state index is 5.00. The molecule has 1 unspecified atom stereocenters. The Hall–Kier alpha value is 1.23. The van der Waals surface area contributed by atoms with E-state index in [1.807, 2.05) is 0 Å². The van der Waals surface area contributed by atoms with Crippen LogP contribution in [0.4, 0.5) is 0 Å². The summed E-state index contributed by atoms with van der Waals surface area (Å²) in [6.07, 6.45) is 13.0. The van der Waals surface area contributed by atoms with Gasteiger partial charge in [0.2, 0.25) is 0 Å². The minimum absolute atomic E-state index is 0.884. The second kappa shape index (κ2) is 6.67. The van der Waals surface area contributed by atoms with Crippen LogP contribution in [-0.4, -0.2) is 0 Å². The van der Waals surface area contributed by atoms with Gasteiger partial charge >= 0.3 is 43.7 Å². The van der Waals surface area contributed by atoms with Crippen LogP contribution in [0, 0.1) is 12.0 Å². The van der Waals surface area contributed by atoms with Crippen molar-refractivity contribution in [3.63, 3.8) is 0 Å². The summed E-state index contributed by atoms with van der Waals surface area (Å²) in [5.74, 6) is 0.884. The second-order valence-electron chi connectivity index (χ2n) is 3.11. The van der Waals surface area contributed by atoms with Crippen molar-refractivity contribution in [1.82, 2.24) is 0 Å². The van der Waals surface area contributed by atoms with Gasteiger partial charge in [-0.25, -0.2) is 12.2 Å². The Morgan fingerprint density at radius 1 is 1.38 bits per heavy atom. The van der Waals surface area contributed by atoms with Gasteiger partial charge in [0.25, 0.3) is 0 Å². The van der Waals surface area contributed by atoms with Crippen molar-refractivity contribution in [3.05, 3.63) is 23.8 Å². The zero-order valence-electron chi connectivity index (χ0n) is 7.19. The minimum atomic E-state index is -2.13. The number of hydrogen-bond donors (Lipinski definition) is 0. The molecule has 1 atom stereocenters. The molecule has 0 radical (unpaired) electrons. The van der Waals surface area contributed by atoms with Crippen molar-refractivity contribution in [2.24, 2.45) is 5.92 Å². The van der Waals surface area contributed by atoms with Gasteiger partial charge in [-0.1, -0.05) is 12.8 Å². The fourth-order valence-corrected chi connectivity index (χ4v) is 1.77. The number of rotatable bonds is 0. The van der Waals surface area contributed by atoms with Crippen molar-refractivity contribution in [1.29, 1.82) is 0 Å². The third kappa shape index (κ3) is 5.02. The predicted molar refractivity (Wildman–Crippen MR) is 55.4 cm³/mol. The van der Waals surface area contributed by atoms with E-state index in [9.17, 15) is 0 Å². The molecule has 0 aromatic heterocycles. The topological polar surface area (TPSA) is 0 Å². The quantitative estimate of drug-likeness (QED) is 0.575. The molecule has 0 amide bonds. The van der Waals surface area contributed by atoms with E-state index >= 15 is 0 Å². The summed E-state index contributed by atoms with van der Waals surface area (Å²) < 4.78 is 0. The van der Waals surface area contributed by atoms with E-state index in [0.29, 0.717) is 0 Å². The molecular weight excluding hydrogens is 306 g/mol. The van der Waals surface area contributed by atoms with Gasteiger partial charge in [-0.05, 0) is 18.8 Å². The molecule has 0 aliphatic heterocycles. The summed E-state index contributed by atoms with van der Waals surface area (Å²) in [7, 11) is 15.0. The van der Waals surface area contributed by atoms with E-state index in [1.54, 1.807) is 5.57 Å². The predicted octanol–water partition coefficient (Wildman–Crippen LogP) is 4.54. The normalized spacial score (nSPS) is 24.2. The van der Waals surface area contributed by atoms with Crippen LogP contribution in [-0.2, 0) is 18.2 Å². The molecule has 2 aliphatic carbocycles. The maximum absolute atomic E-state index is 5.00. The van der Waals surface area contributed by atoms with Crippen LogP contribution in [0.5, 0.6) is 0 Å². The first kappa shape index (κ1) is 12.3. The molecule has 0 spiro atoms. The molecule has 2 aliphatic rings. The Morgan fingerprint density at radius 2 is 2.08 bits per heavy atom. The van der Waals surface area contributed by atoms with Crippen molar-refractivity contribution in [2.45, 2.75) is 25.7 Å². The van der Waals surface area contributed by atoms with E-state index in [0.717, 1.165) is 5.92 Å². The van der Waals surface area contributed by atoms with Crippen LogP contribution in [0.25, 0.3) is 0 Å². The van der Waals surface area contributed by atoms with Crippen LogP contribution in [0.2, 0.25) is 0 Å². The van der Waals surface area contributed by atoms with Gasteiger partial charge in [0.15, 0.2) is 0 Å². The van der Waals surface area contributed by atoms with Gasteiger partial charge in [0.05, 0.1) is 0 Å². The molecule has 0 nitrogen and oxygen atoms in total. The summed E-state index contributed by atoms with van der Waals surface area (Å²) in [5, 5.41) is 0. The Bertz CT molecular complexity index is 208. The van der Waals surface area contributed by atoms with Crippen LogP contribution in [0.15, 0.2) is 17.7 Å². The molecule has 4 heteroatoms. The van der Waals surface area contributed by atoms with E-state index in [4.69, 9.17) is 25.5 Å². The van der Waals surface area contributed by atoms with E-state index in [1.165, 1.54) is 25.7 Å². The first-order valence-corrected chi connectivity index (χ1v) is 13.8. The van der Waals surface area contributed by atoms with Crippen LogP contribution < -0.4 is 0 Å². The van der Waals surface area contributed by atoms with Crippen molar-refractivity contribution in [2.75, 3.05) is 0 Å². The molecular formula is C9H11Cl3Zr-. The molecule has 0 aromatic rings. The van der Waals surface area contributed by atoms with E-state index in [2.05, 4.69) is 18.2 Å². The van der Waals surface area contributed by atoms with Crippen molar-refractivity contribution in [3.8, 4) is 0 Å². The molecule has 0 heterocycles. The van der Waals surface area contributed by atoms with Gasteiger partial charge in [-0.2, -0.15) is 5.57 Å². The van der Waals surface area contributed by atoms with Crippen molar-refractivity contribution < 1.29 is 18.2 Å². The Labute approximate surface area is 98.3 Å². The molecule has 2 rings (SSSR count). The molecule has 0 saturated heterocycles. The molecule has 1 fully saturated rings. The summed E-state index contributed by atoms with van der Waals surface area (Å²) in [4.78, 5) is 0. The second-order valence-corrected chi connectivity index (χ2v) is 14.3. The molecule has 0 bridgehead atoms. The van der Waals surface area contributed by atoms with Gasteiger partial charge < -0.3 is 0 Å². The monoisotopic (exact) mass is 314 g/mol. The average molecular weight is 317 g/mol. The summed E-state index contributed by atoms with van der Waals surface area (Å²) in [6.45, 7) is 0. The van der Waals surface area contributed by atoms with Crippen LogP contribution >= 0.6 is 25.5 Å². The van der Waals surface area contributed by atoms with Gasteiger partial charge in [0, 0.05) is 0 Å². The summed E-state index contributed by atoms with van der Waals surface area (Å²) in [6, 6.07) is 0. The van der Waals surface area contributed by atoms with E-state index < -0.39 is 18.2 Å². The average Bonchev–Trinajstić information content (AvgIpc) is 2.49. The number of hydrogen-bond acceptors (Lipinski definition) is 0. The third-order valence-corrected chi connectivity index (χ3v) is 2.30. The molecule has 73 valence electrons. The Morgan fingerprint density at radius 3 is 2.69 bits per heavy atom. The van der Waals surface area contributed by atoms with Crippen LogP contribution in [0.3, 0.4) is 0 Å². The van der Waals surface area contributed by atoms with Gasteiger partial charge in [-0.3, -0.25) is 6.08 Å². The van der Waals surface area contributed by atoms with E-state index in [-0.39, 0.29) is 0 Å². The van der Waals surface area contributed by atoms with Gasteiger partial charge in [-0.15, -0.1) is 0 Å². The number of halogens is 3. The van der Waals surface area contributed by atoms with Gasteiger partial charge in [0.1, 0.15) is 0 Å². The first-order chi connectivity index (χ1) is 6.20. The number of fused-ring (bicyclic) bond motifs is 1. The molecule has 0 N–H and O–H groups in total. The third-order valence-electron chi connectivity index (χ3n) is 2.30. The zero-order valence-corrected chi connectivity index (χ0v) is 11.9.